The van der Waals surface area contributed by atoms with Crippen molar-refractivity contribution in [2.75, 3.05) is 12.0 Å². The summed E-state index contributed by atoms with van der Waals surface area (Å²) in [5.41, 5.74) is 5.56. The van der Waals surface area contributed by atoms with Gasteiger partial charge >= 0.3 is 0 Å². The second-order valence-corrected chi connectivity index (χ2v) is 8.07. The summed E-state index contributed by atoms with van der Waals surface area (Å²) in [6.45, 7) is 6.12. The van der Waals surface area contributed by atoms with E-state index in [0.29, 0.717) is 16.9 Å². The number of benzene rings is 3. The largest absolute Gasteiger partial charge is 0.497 e. The molecule has 1 heterocycles. The van der Waals surface area contributed by atoms with Crippen LogP contribution in [0, 0.1) is 20.8 Å². The van der Waals surface area contributed by atoms with Crippen LogP contribution in [0.4, 0.5) is 5.69 Å². The number of ether oxygens (including phenoxy) is 1. The van der Waals surface area contributed by atoms with E-state index in [4.69, 9.17) is 4.74 Å². The van der Waals surface area contributed by atoms with Crippen molar-refractivity contribution in [2.24, 2.45) is 0 Å². The monoisotopic (exact) mass is 426 g/mol. The standard InChI is InChI=1S/C27H26N2O3/c1-17-8-13-24(19(3)14-17)29(27(31)20-9-11-23(32-4)12-10-20)16-22-15-21-7-5-6-18(2)25(21)28-26(22)30/h5-15H,16H2,1-4H3,(H,28,30). The van der Waals surface area contributed by atoms with Crippen molar-refractivity contribution >= 4 is 22.5 Å². The Morgan fingerprint density at radius 1 is 0.938 bits per heavy atom. The quantitative estimate of drug-likeness (QED) is 0.470. The minimum Gasteiger partial charge on any atom is -0.497 e. The number of hydrogen-bond acceptors (Lipinski definition) is 3. The Balaban J connectivity index is 1.80. The Kier molecular flexibility index (Phi) is 5.82. The molecule has 0 aliphatic rings. The first-order valence-electron chi connectivity index (χ1n) is 10.5. The van der Waals surface area contributed by atoms with E-state index in [-0.39, 0.29) is 18.0 Å². The Labute approximate surface area is 187 Å². The van der Waals surface area contributed by atoms with Crippen molar-refractivity contribution in [1.29, 1.82) is 0 Å². The lowest BCUT2D eigenvalue weighted by atomic mass is 10.1. The first-order valence-corrected chi connectivity index (χ1v) is 10.5. The van der Waals surface area contributed by atoms with E-state index in [1.165, 1.54) is 0 Å². The molecule has 5 nitrogen and oxygen atoms in total. The number of para-hydroxylation sites is 1. The molecule has 162 valence electrons. The first-order chi connectivity index (χ1) is 15.4. The van der Waals surface area contributed by atoms with Crippen molar-refractivity contribution in [1.82, 2.24) is 4.98 Å². The number of methoxy groups -OCH3 is 1. The minimum absolute atomic E-state index is 0.161. The highest BCUT2D eigenvalue weighted by atomic mass is 16.5. The van der Waals surface area contributed by atoms with Gasteiger partial charge in [-0.25, -0.2) is 0 Å². The van der Waals surface area contributed by atoms with Crippen LogP contribution in [0.2, 0.25) is 0 Å². The number of carbonyl (C=O) groups is 1. The number of aryl methyl sites for hydroxylation is 3. The number of fused-ring (bicyclic) bond motifs is 1. The molecule has 0 atom stereocenters. The summed E-state index contributed by atoms with van der Waals surface area (Å²) in [5, 5.41) is 0.942. The predicted molar refractivity (Wildman–Crippen MR) is 129 cm³/mol. The van der Waals surface area contributed by atoms with Gasteiger partial charge in [0.15, 0.2) is 0 Å². The van der Waals surface area contributed by atoms with Crippen molar-refractivity contribution in [3.63, 3.8) is 0 Å². The molecule has 0 bridgehead atoms. The molecule has 0 unspecified atom stereocenters. The topological polar surface area (TPSA) is 62.4 Å². The molecule has 4 aromatic rings. The first kappa shape index (κ1) is 21.4. The zero-order chi connectivity index (χ0) is 22.8. The third-order valence-corrected chi connectivity index (χ3v) is 5.72. The number of nitrogens with one attached hydrogen (secondary N) is 1. The summed E-state index contributed by atoms with van der Waals surface area (Å²) in [6, 6.07) is 20.7. The van der Waals surface area contributed by atoms with Crippen molar-refractivity contribution in [2.45, 2.75) is 27.3 Å². The number of H-pyrrole nitrogens is 1. The summed E-state index contributed by atoms with van der Waals surface area (Å²) in [4.78, 5) is 31.2. The highest BCUT2D eigenvalue weighted by Gasteiger charge is 2.21. The number of nitrogens with zero attached hydrogens (tertiary/aromatic N) is 1. The van der Waals surface area contributed by atoms with Gasteiger partial charge < -0.3 is 14.6 Å². The molecule has 32 heavy (non-hydrogen) atoms. The molecule has 0 fully saturated rings. The van der Waals surface area contributed by atoms with E-state index in [1.54, 1.807) is 36.3 Å². The molecule has 3 aromatic carbocycles. The third-order valence-electron chi connectivity index (χ3n) is 5.72. The molecule has 0 spiro atoms. The fourth-order valence-corrected chi connectivity index (χ4v) is 3.98. The summed E-state index contributed by atoms with van der Waals surface area (Å²) < 4.78 is 5.22. The van der Waals surface area contributed by atoms with E-state index < -0.39 is 0 Å². The molecule has 0 aliphatic heterocycles. The highest BCUT2D eigenvalue weighted by Crippen LogP contribution is 2.26. The van der Waals surface area contributed by atoms with E-state index in [0.717, 1.165) is 33.3 Å². The summed E-state index contributed by atoms with van der Waals surface area (Å²) in [7, 11) is 1.59. The molecule has 4 rings (SSSR count). The number of hydrogen-bond donors (Lipinski definition) is 1. The van der Waals surface area contributed by atoms with E-state index in [1.807, 2.05) is 63.2 Å². The fraction of sp³-hybridized carbons (Fsp3) is 0.185. The van der Waals surface area contributed by atoms with E-state index in [2.05, 4.69) is 4.98 Å². The van der Waals surface area contributed by atoms with Crippen LogP contribution in [0.5, 0.6) is 5.75 Å². The molecule has 0 radical (unpaired) electrons. The lowest BCUT2D eigenvalue weighted by Gasteiger charge is -2.25. The van der Waals surface area contributed by atoms with Gasteiger partial charge in [-0.3, -0.25) is 9.59 Å². The highest BCUT2D eigenvalue weighted by molar-refractivity contribution is 6.06. The average Bonchev–Trinajstić information content (AvgIpc) is 2.78. The van der Waals surface area contributed by atoms with Gasteiger partial charge in [-0.15, -0.1) is 0 Å². The van der Waals surface area contributed by atoms with Crippen LogP contribution in [0.3, 0.4) is 0 Å². The second kappa shape index (κ2) is 8.71. The van der Waals surface area contributed by atoms with Crippen LogP contribution in [0.1, 0.15) is 32.6 Å². The van der Waals surface area contributed by atoms with Crippen LogP contribution in [-0.2, 0) is 6.54 Å². The molecular formula is C27H26N2O3. The number of aromatic amines is 1. The average molecular weight is 427 g/mol. The number of amides is 1. The lowest BCUT2D eigenvalue weighted by Crippen LogP contribution is -2.33. The number of carbonyl (C=O) groups excluding carboxylic acids is 1. The van der Waals surface area contributed by atoms with Crippen molar-refractivity contribution in [3.05, 3.63) is 105 Å². The van der Waals surface area contributed by atoms with E-state index >= 15 is 0 Å². The number of pyridine rings is 1. The second-order valence-electron chi connectivity index (χ2n) is 8.07. The lowest BCUT2D eigenvalue weighted by molar-refractivity contribution is 0.0985. The number of anilines is 1. The van der Waals surface area contributed by atoms with Gasteiger partial charge in [0.05, 0.1) is 19.2 Å². The molecule has 0 aliphatic carbocycles. The molecule has 1 amide bonds. The van der Waals surface area contributed by atoms with Crippen molar-refractivity contribution < 1.29 is 9.53 Å². The zero-order valence-corrected chi connectivity index (χ0v) is 18.7. The van der Waals surface area contributed by atoms with Gasteiger partial charge in [-0.1, -0.05) is 35.9 Å². The predicted octanol–water partition coefficient (Wildman–Crippen LogP) is 5.31. The van der Waals surface area contributed by atoms with Gasteiger partial charge in [0.2, 0.25) is 0 Å². The molecule has 0 saturated heterocycles. The van der Waals surface area contributed by atoms with Crippen LogP contribution in [0.25, 0.3) is 10.9 Å². The maximum absolute atomic E-state index is 13.6. The zero-order valence-electron chi connectivity index (χ0n) is 18.7. The Morgan fingerprint density at radius 3 is 2.38 bits per heavy atom. The molecule has 0 saturated carbocycles. The SMILES string of the molecule is COc1ccc(C(=O)N(Cc2cc3cccc(C)c3[nH]c2=O)c2ccc(C)cc2C)cc1. The fourth-order valence-electron chi connectivity index (χ4n) is 3.98. The smallest absolute Gasteiger partial charge is 0.258 e. The molecule has 1 aromatic heterocycles. The van der Waals surface area contributed by atoms with Gasteiger partial charge in [-0.2, -0.15) is 0 Å². The molecule has 5 heteroatoms. The molecular weight excluding hydrogens is 400 g/mol. The Morgan fingerprint density at radius 2 is 1.69 bits per heavy atom. The van der Waals surface area contributed by atoms with Crippen LogP contribution in [0.15, 0.2) is 71.5 Å². The minimum atomic E-state index is -0.191. The molecule has 1 N–H and O–H groups in total. The third kappa shape index (κ3) is 4.14. The van der Waals surface area contributed by atoms with Crippen LogP contribution in [-0.4, -0.2) is 18.0 Å². The van der Waals surface area contributed by atoms with Gasteiger partial charge in [0, 0.05) is 16.8 Å². The van der Waals surface area contributed by atoms with Gasteiger partial charge in [0.1, 0.15) is 5.75 Å². The number of rotatable bonds is 5. The van der Waals surface area contributed by atoms with Crippen LogP contribution >= 0.6 is 0 Å². The summed E-state index contributed by atoms with van der Waals surface area (Å²) in [6.07, 6.45) is 0. The van der Waals surface area contributed by atoms with Gasteiger partial charge in [-0.05, 0) is 73.7 Å². The number of aromatic nitrogens is 1. The van der Waals surface area contributed by atoms with E-state index in [9.17, 15) is 9.59 Å². The van der Waals surface area contributed by atoms with Crippen molar-refractivity contribution in [3.8, 4) is 5.75 Å². The van der Waals surface area contributed by atoms with Gasteiger partial charge in [0.25, 0.3) is 11.5 Å². The Bertz CT molecular complexity index is 1350. The van der Waals surface area contributed by atoms with Crippen LogP contribution < -0.4 is 15.2 Å². The Hall–Kier alpha value is -3.86. The summed E-state index contributed by atoms with van der Waals surface area (Å²) >= 11 is 0. The summed E-state index contributed by atoms with van der Waals surface area (Å²) in [5.74, 6) is 0.504. The maximum Gasteiger partial charge on any atom is 0.258 e. The maximum atomic E-state index is 13.6. The normalized spacial score (nSPS) is 10.9.